The fourth-order valence-corrected chi connectivity index (χ4v) is 2.00. The quantitative estimate of drug-likeness (QED) is 0.661. The third kappa shape index (κ3) is 1.06. The highest BCUT2D eigenvalue weighted by Gasteiger charge is 2.32. The molecule has 0 bridgehead atoms. The maximum Gasteiger partial charge on any atom is 0.137 e. The molecule has 1 aliphatic heterocycles. The summed E-state index contributed by atoms with van der Waals surface area (Å²) < 4.78 is 6.66. The molecule has 0 amide bonds. The minimum absolute atomic E-state index is 0.166. The molecule has 0 unspecified atom stereocenters. The highest BCUT2D eigenvalue weighted by atomic mass is 79.9. The van der Waals surface area contributed by atoms with Gasteiger partial charge in [0.05, 0.1) is 11.1 Å². The Morgan fingerprint density at radius 2 is 2.17 bits per heavy atom. The van der Waals surface area contributed by atoms with E-state index in [-0.39, 0.29) is 5.41 Å². The molecule has 0 spiro atoms. The van der Waals surface area contributed by atoms with Crippen LogP contribution in [0.15, 0.2) is 22.7 Å². The lowest BCUT2D eigenvalue weighted by atomic mass is 9.87. The first-order chi connectivity index (χ1) is 5.61. The van der Waals surface area contributed by atoms with Crippen LogP contribution in [0.3, 0.4) is 0 Å². The number of ether oxygens (including phenoxy) is 1. The summed E-state index contributed by atoms with van der Waals surface area (Å²) in [7, 11) is 0. The van der Waals surface area contributed by atoms with Gasteiger partial charge in [-0.1, -0.05) is 26.0 Å². The maximum absolute atomic E-state index is 5.60. The number of benzene rings is 1. The Morgan fingerprint density at radius 1 is 1.42 bits per heavy atom. The Morgan fingerprint density at radius 3 is 2.83 bits per heavy atom. The molecule has 2 heteroatoms. The van der Waals surface area contributed by atoms with E-state index >= 15 is 0 Å². The van der Waals surface area contributed by atoms with Crippen LogP contribution in [0.2, 0.25) is 0 Å². The van der Waals surface area contributed by atoms with Crippen molar-refractivity contribution in [2.45, 2.75) is 19.3 Å². The summed E-state index contributed by atoms with van der Waals surface area (Å²) in [6.07, 6.45) is 0. The Bertz CT molecular complexity index is 318. The van der Waals surface area contributed by atoms with Crippen molar-refractivity contribution in [2.24, 2.45) is 0 Å². The van der Waals surface area contributed by atoms with E-state index in [1.165, 1.54) is 5.56 Å². The van der Waals surface area contributed by atoms with Gasteiger partial charge >= 0.3 is 0 Å². The average Bonchev–Trinajstić information content (AvgIpc) is 2.30. The van der Waals surface area contributed by atoms with Crippen molar-refractivity contribution in [2.75, 3.05) is 6.61 Å². The minimum atomic E-state index is 0.166. The smallest absolute Gasteiger partial charge is 0.137 e. The number of para-hydroxylation sites is 1. The van der Waals surface area contributed by atoms with Crippen molar-refractivity contribution in [1.82, 2.24) is 0 Å². The zero-order valence-corrected chi connectivity index (χ0v) is 8.81. The van der Waals surface area contributed by atoms with Crippen molar-refractivity contribution >= 4 is 15.9 Å². The van der Waals surface area contributed by atoms with Gasteiger partial charge in [0, 0.05) is 11.0 Å². The third-order valence-electron chi connectivity index (χ3n) is 2.27. The van der Waals surface area contributed by atoms with Gasteiger partial charge in [-0.2, -0.15) is 0 Å². The molecule has 1 aliphatic rings. The third-order valence-corrected chi connectivity index (χ3v) is 2.90. The normalized spacial score (nSPS) is 18.6. The molecule has 0 aromatic heterocycles. The van der Waals surface area contributed by atoms with Crippen LogP contribution >= 0.6 is 15.9 Å². The molecular formula is C10H11BrO. The Hall–Kier alpha value is -0.500. The average molecular weight is 227 g/mol. The summed E-state index contributed by atoms with van der Waals surface area (Å²) in [5, 5.41) is 0. The Kier molecular flexibility index (Phi) is 1.69. The van der Waals surface area contributed by atoms with Gasteiger partial charge in [0.2, 0.25) is 0 Å². The summed E-state index contributed by atoms with van der Waals surface area (Å²) in [6.45, 7) is 5.18. The Labute approximate surface area is 80.9 Å². The van der Waals surface area contributed by atoms with E-state index in [1.807, 2.05) is 6.07 Å². The highest BCUT2D eigenvalue weighted by molar-refractivity contribution is 9.10. The summed E-state index contributed by atoms with van der Waals surface area (Å²) in [4.78, 5) is 0. The lowest BCUT2D eigenvalue weighted by Crippen LogP contribution is -2.18. The largest absolute Gasteiger partial charge is 0.491 e. The van der Waals surface area contributed by atoms with E-state index in [2.05, 4.69) is 41.9 Å². The predicted molar refractivity (Wildman–Crippen MR) is 52.7 cm³/mol. The topological polar surface area (TPSA) is 9.23 Å². The van der Waals surface area contributed by atoms with E-state index < -0.39 is 0 Å². The van der Waals surface area contributed by atoms with Crippen molar-refractivity contribution in [3.05, 3.63) is 28.2 Å². The van der Waals surface area contributed by atoms with Crippen LogP contribution in [-0.4, -0.2) is 6.61 Å². The second kappa shape index (κ2) is 2.49. The van der Waals surface area contributed by atoms with E-state index in [9.17, 15) is 0 Å². The fourth-order valence-electron chi connectivity index (χ4n) is 1.52. The first kappa shape index (κ1) is 8.11. The molecule has 12 heavy (non-hydrogen) atoms. The molecule has 1 aromatic carbocycles. The molecule has 0 saturated heterocycles. The summed E-state index contributed by atoms with van der Waals surface area (Å²) in [6, 6.07) is 6.20. The van der Waals surface area contributed by atoms with E-state index in [0.717, 1.165) is 16.8 Å². The second-order valence-electron chi connectivity index (χ2n) is 3.79. The standard InChI is InChI=1S/C10H11BrO/c1-10(2)6-12-9-7(10)4-3-5-8(9)11/h3-5H,6H2,1-2H3. The number of fused-ring (bicyclic) bond motifs is 1. The molecule has 64 valence electrons. The molecule has 0 radical (unpaired) electrons. The molecule has 0 fully saturated rings. The number of hydrogen-bond donors (Lipinski definition) is 0. The van der Waals surface area contributed by atoms with Crippen molar-refractivity contribution in [3.8, 4) is 5.75 Å². The lowest BCUT2D eigenvalue weighted by Gasteiger charge is -2.14. The first-order valence-corrected chi connectivity index (χ1v) is 4.82. The van der Waals surface area contributed by atoms with Gasteiger partial charge in [-0.15, -0.1) is 0 Å². The van der Waals surface area contributed by atoms with Gasteiger partial charge < -0.3 is 4.74 Å². The van der Waals surface area contributed by atoms with Gasteiger partial charge in [-0.05, 0) is 22.0 Å². The number of halogens is 1. The summed E-state index contributed by atoms with van der Waals surface area (Å²) in [5.41, 5.74) is 1.47. The molecule has 1 aromatic rings. The van der Waals surface area contributed by atoms with Gasteiger partial charge in [0.25, 0.3) is 0 Å². The van der Waals surface area contributed by atoms with Crippen LogP contribution in [0.1, 0.15) is 19.4 Å². The Balaban J connectivity index is 2.61. The van der Waals surface area contributed by atoms with Crippen LogP contribution in [-0.2, 0) is 5.41 Å². The van der Waals surface area contributed by atoms with Crippen LogP contribution in [0.5, 0.6) is 5.75 Å². The summed E-state index contributed by atoms with van der Waals surface area (Å²) >= 11 is 3.47. The lowest BCUT2D eigenvalue weighted by molar-refractivity contribution is 0.290. The fraction of sp³-hybridized carbons (Fsp3) is 0.400. The zero-order valence-electron chi connectivity index (χ0n) is 7.23. The molecular weight excluding hydrogens is 216 g/mol. The molecule has 0 aliphatic carbocycles. The summed E-state index contributed by atoms with van der Waals surface area (Å²) in [5.74, 6) is 1.02. The van der Waals surface area contributed by atoms with Gasteiger partial charge in [0.15, 0.2) is 0 Å². The first-order valence-electron chi connectivity index (χ1n) is 4.03. The monoisotopic (exact) mass is 226 g/mol. The molecule has 1 nitrogen and oxygen atoms in total. The van der Waals surface area contributed by atoms with Crippen molar-refractivity contribution in [3.63, 3.8) is 0 Å². The van der Waals surface area contributed by atoms with Gasteiger partial charge in [0.1, 0.15) is 5.75 Å². The molecule has 1 heterocycles. The number of hydrogen-bond acceptors (Lipinski definition) is 1. The molecule has 0 saturated carbocycles. The molecule has 0 atom stereocenters. The maximum atomic E-state index is 5.60. The van der Waals surface area contributed by atoms with Crippen LogP contribution < -0.4 is 4.74 Å². The van der Waals surface area contributed by atoms with Crippen LogP contribution in [0.4, 0.5) is 0 Å². The minimum Gasteiger partial charge on any atom is -0.491 e. The van der Waals surface area contributed by atoms with Crippen molar-refractivity contribution in [1.29, 1.82) is 0 Å². The number of rotatable bonds is 0. The molecule has 2 rings (SSSR count). The van der Waals surface area contributed by atoms with E-state index in [4.69, 9.17) is 4.74 Å². The van der Waals surface area contributed by atoms with Crippen LogP contribution in [0.25, 0.3) is 0 Å². The van der Waals surface area contributed by atoms with E-state index in [0.29, 0.717) is 0 Å². The highest BCUT2D eigenvalue weighted by Crippen LogP contribution is 2.42. The zero-order chi connectivity index (χ0) is 8.77. The second-order valence-corrected chi connectivity index (χ2v) is 4.64. The predicted octanol–water partition coefficient (Wildman–Crippen LogP) is 3.12. The van der Waals surface area contributed by atoms with Gasteiger partial charge in [-0.25, -0.2) is 0 Å². The van der Waals surface area contributed by atoms with Crippen molar-refractivity contribution < 1.29 is 4.74 Å². The van der Waals surface area contributed by atoms with Gasteiger partial charge in [-0.3, -0.25) is 0 Å². The SMILES string of the molecule is CC1(C)COc2c(Br)cccc21. The van der Waals surface area contributed by atoms with Crippen LogP contribution in [0, 0.1) is 0 Å². The molecule has 0 N–H and O–H groups in total. The van der Waals surface area contributed by atoms with E-state index in [1.54, 1.807) is 0 Å².